The zero-order valence-corrected chi connectivity index (χ0v) is 15.4. The summed E-state index contributed by atoms with van der Waals surface area (Å²) in [7, 11) is 0. The smallest absolute Gasteiger partial charge is 0.137 e. The molecule has 2 heterocycles. The topological polar surface area (TPSA) is 30.7 Å². The molecule has 0 saturated carbocycles. The Bertz CT molecular complexity index is 636. The highest BCUT2D eigenvalue weighted by atomic mass is 35.5. The molecule has 118 valence electrons. The van der Waals surface area contributed by atoms with Gasteiger partial charge in [-0.1, -0.05) is 42.6 Å². The van der Waals surface area contributed by atoms with E-state index in [0.29, 0.717) is 10.3 Å². The van der Waals surface area contributed by atoms with E-state index in [1.807, 2.05) is 40.3 Å². The molecule has 3 nitrogen and oxygen atoms in total. The van der Waals surface area contributed by atoms with Gasteiger partial charge in [0, 0.05) is 21.0 Å². The third-order valence-corrected chi connectivity index (χ3v) is 7.90. The molecule has 1 saturated heterocycles. The highest BCUT2D eigenvalue weighted by molar-refractivity contribution is 8.21. The summed E-state index contributed by atoms with van der Waals surface area (Å²) in [6, 6.07) is 5.80. The lowest BCUT2D eigenvalue weighted by Gasteiger charge is -2.29. The Kier molecular flexibility index (Phi) is 5.28. The van der Waals surface area contributed by atoms with Gasteiger partial charge in [-0.3, -0.25) is 4.68 Å². The van der Waals surface area contributed by atoms with Crippen LogP contribution < -0.4 is 0 Å². The van der Waals surface area contributed by atoms with E-state index in [1.54, 1.807) is 12.7 Å². The Hall–Kier alpha value is -0.360. The summed E-state index contributed by atoms with van der Waals surface area (Å²) >= 11 is 16.5. The molecular weight excluding hydrogens is 357 g/mol. The Morgan fingerprint density at radius 3 is 2.95 bits per heavy atom. The second kappa shape index (κ2) is 7.04. The Morgan fingerprint density at radius 2 is 2.27 bits per heavy atom. The van der Waals surface area contributed by atoms with Gasteiger partial charge in [0.25, 0.3) is 0 Å². The highest BCUT2D eigenvalue weighted by Gasteiger charge is 2.43. The molecule has 0 bridgehead atoms. The van der Waals surface area contributed by atoms with Gasteiger partial charge in [-0.25, -0.2) is 4.98 Å². The average Bonchev–Trinajstić information content (AvgIpc) is 3.10. The van der Waals surface area contributed by atoms with Gasteiger partial charge < -0.3 is 0 Å². The fraction of sp³-hybridized carbons (Fsp3) is 0.467. The molecule has 1 aliphatic heterocycles. The Morgan fingerprint density at radius 1 is 1.41 bits per heavy atom. The van der Waals surface area contributed by atoms with Crippen LogP contribution in [0.15, 0.2) is 30.9 Å². The van der Waals surface area contributed by atoms with Crippen LogP contribution in [-0.2, 0) is 10.6 Å². The highest BCUT2D eigenvalue weighted by Crippen LogP contribution is 2.58. The fourth-order valence-electron chi connectivity index (χ4n) is 2.66. The van der Waals surface area contributed by atoms with E-state index in [0.717, 1.165) is 22.9 Å². The Labute approximate surface area is 149 Å². The van der Waals surface area contributed by atoms with E-state index in [-0.39, 0.29) is 4.08 Å². The number of hydrogen-bond donors (Lipinski definition) is 0. The minimum atomic E-state index is -0.130. The van der Waals surface area contributed by atoms with Crippen LogP contribution in [0.4, 0.5) is 0 Å². The molecule has 0 spiro atoms. The number of rotatable bonds is 5. The SMILES string of the molecule is CCCC1CSC(Cn2cncn2)(c2ccc(Cl)cc2Cl)S1. The molecule has 1 aliphatic rings. The van der Waals surface area contributed by atoms with Crippen molar-refractivity contribution in [3.63, 3.8) is 0 Å². The van der Waals surface area contributed by atoms with Crippen molar-refractivity contribution in [3.8, 4) is 0 Å². The molecule has 2 aromatic rings. The fourth-order valence-corrected chi connectivity index (χ4v) is 7.29. The summed E-state index contributed by atoms with van der Waals surface area (Å²) in [6.45, 7) is 2.99. The Balaban J connectivity index is 1.96. The third kappa shape index (κ3) is 3.42. The molecular formula is C15H17Cl2N3S2. The number of nitrogens with zero attached hydrogens (tertiary/aromatic N) is 3. The van der Waals surface area contributed by atoms with E-state index in [2.05, 4.69) is 23.1 Å². The van der Waals surface area contributed by atoms with Crippen LogP contribution in [-0.4, -0.2) is 25.8 Å². The molecule has 0 aliphatic carbocycles. The quantitative estimate of drug-likeness (QED) is 0.730. The number of hydrogen-bond acceptors (Lipinski definition) is 4. The van der Waals surface area contributed by atoms with E-state index < -0.39 is 0 Å². The summed E-state index contributed by atoms with van der Waals surface area (Å²) in [6.07, 6.45) is 5.76. The minimum absolute atomic E-state index is 0.130. The lowest BCUT2D eigenvalue weighted by atomic mass is 10.1. The molecule has 3 rings (SSSR count). The van der Waals surface area contributed by atoms with E-state index in [9.17, 15) is 0 Å². The number of thioether (sulfide) groups is 2. The maximum absolute atomic E-state index is 6.51. The molecule has 22 heavy (non-hydrogen) atoms. The van der Waals surface area contributed by atoms with E-state index >= 15 is 0 Å². The lowest BCUT2D eigenvalue weighted by molar-refractivity contribution is 0.581. The minimum Gasteiger partial charge on any atom is -0.250 e. The molecule has 1 fully saturated rings. The van der Waals surface area contributed by atoms with Gasteiger partial charge in [-0.2, -0.15) is 5.10 Å². The molecule has 2 unspecified atom stereocenters. The first-order valence-electron chi connectivity index (χ1n) is 7.22. The predicted molar refractivity (Wildman–Crippen MR) is 96.9 cm³/mol. The molecule has 2 atom stereocenters. The molecule has 0 radical (unpaired) electrons. The van der Waals surface area contributed by atoms with Crippen LogP contribution >= 0.6 is 46.7 Å². The molecule has 0 N–H and O–H groups in total. The zero-order valence-electron chi connectivity index (χ0n) is 12.2. The van der Waals surface area contributed by atoms with Crippen LogP contribution in [0.5, 0.6) is 0 Å². The first kappa shape index (κ1) is 16.5. The van der Waals surface area contributed by atoms with Gasteiger partial charge in [-0.05, 0) is 24.1 Å². The number of halogens is 2. The first-order valence-corrected chi connectivity index (χ1v) is 9.85. The normalized spacial score (nSPS) is 24.8. The van der Waals surface area contributed by atoms with E-state index in [1.165, 1.54) is 12.8 Å². The predicted octanol–water partition coefficient (Wildman–Crippen LogP) is 5.09. The summed E-state index contributed by atoms with van der Waals surface area (Å²) in [5.41, 5.74) is 1.13. The zero-order chi connectivity index (χ0) is 15.6. The largest absolute Gasteiger partial charge is 0.250 e. The van der Waals surface area contributed by atoms with Crippen molar-refractivity contribution >= 4 is 46.7 Å². The second-order valence-corrected chi connectivity index (χ2v) is 9.33. The standard InChI is InChI=1S/C15H17Cl2N3S2/c1-2-3-12-7-21-15(22-12,8-20-10-18-9-19-20)13-5-4-11(16)6-14(13)17/h4-6,9-10,12H,2-3,7-8H2,1H3. The molecule has 1 aromatic heterocycles. The van der Waals surface area contributed by atoms with Gasteiger partial charge in [-0.15, -0.1) is 23.5 Å². The lowest BCUT2D eigenvalue weighted by Crippen LogP contribution is -2.23. The van der Waals surface area contributed by atoms with Crippen molar-refractivity contribution in [1.29, 1.82) is 0 Å². The van der Waals surface area contributed by atoms with Crippen LogP contribution in [0.2, 0.25) is 10.0 Å². The number of aromatic nitrogens is 3. The van der Waals surface area contributed by atoms with E-state index in [4.69, 9.17) is 23.2 Å². The first-order chi connectivity index (χ1) is 10.6. The third-order valence-electron chi connectivity index (χ3n) is 3.65. The van der Waals surface area contributed by atoms with Crippen LogP contribution in [0.3, 0.4) is 0 Å². The van der Waals surface area contributed by atoms with Crippen LogP contribution in [0.25, 0.3) is 0 Å². The molecule has 1 aromatic carbocycles. The van der Waals surface area contributed by atoms with Gasteiger partial charge in [0.2, 0.25) is 0 Å². The monoisotopic (exact) mass is 373 g/mol. The maximum atomic E-state index is 6.51. The second-order valence-electron chi connectivity index (χ2n) is 5.31. The maximum Gasteiger partial charge on any atom is 0.137 e. The van der Waals surface area contributed by atoms with Crippen molar-refractivity contribution in [2.45, 2.75) is 35.6 Å². The van der Waals surface area contributed by atoms with Gasteiger partial charge in [0.05, 0.1) is 6.54 Å². The number of benzene rings is 1. The van der Waals surface area contributed by atoms with Crippen molar-refractivity contribution in [2.24, 2.45) is 0 Å². The van der Waals surface area contributed by atoms with Gasteiger partial charge >= 0.3 is 0 Å². The van der Waals surface area contributed by atoms with Crippen molar-refractivity contribution in [1.82, 2.24) is 14.8 Å². The van der Waals surface area contributed by atoms with Crippen LogP contribution in [0.1, 0.15) is 25.3 Å². The molecule has 0 amide bonds. The summed E-state index contributed by atoms with van der Waals surface area (Å²) < 4.78 is 1.76. The van der Waals surface area contributed by atoms with Crippen molar-refractivity contribution in [2.75, 3.05) is 5.75 Å². The van der Waals surface area contributed by atoms with Crippen LogP contribution in [0, 0.1) is 0 Å². The van der Waals surface area contributed by atoms with Gasteiger partial charge in [0.1, 0.15) is 16.7 Å². The average molecular weight is 374 g/mol. The van der Waals surface area contributed by atoms with Crippen molar-refractivity contribution in [3.05, 3.63) is 46.5 Å². The summed E-state index contributed by atoms with van der Waals surface area (Å²) in [4.78, 5) is 4.06. The summed E-state index contributed by atoms with van der Waals surface area (Å²) in [5, 5.41) is 6.32. The molecule has 7 heteroatoms. The van der Waals surface area contributed by atoms with Crippen molar-refractivity contribution < 1.29 is 0 Å². The van der Waals surface area contributed by atoms with Gasteiger partial charge in [0.15, 0.2) is 0 Å². The summed E-state index contributed by atoms with van der Waals surface area (Å²) in [5.74, 6) is 1.13.